The maximum Gasteiger partial charge on any atom is 0.240 e. The van der Waals surface area contributed by atoms with E-state index < -0.39 is 0 Å². The van der Waals surface area contributed by atoms with Crippen LogP contribution in [0.1, 0.15) is 32.3 Å². The van der Waals surface area contributed by atoms with E-state index in [2.05, 4.69) is 5.32 Å². The second-order valence-corrected chi connectivity index (χ2v) is 5.66. The lowest BCUT2D eigenvalue weighted by Gasteiger charge is -2.22. The molecule has 1 N–H and O–H groups in total. The summed E-state index contributed by atoms with van der Waals surface area (Å²) < 4.78 is 0. The molecule has 0 radical (unpaired) electrons. The molecule has 1 aromatic carbocycles. The van der Waals surface area contributed by atoms with Crippen LogP contribution in [0.3, 0.4) is 0 Å². The number of fused-ring (bicyclic) bond motifs is 1. The Kier molecular flexibility index (Phi) is 4.77. The number of hydrogen-bond donors (Lipinski definition) is 1. The predicted molar refractivity (Wildman–Crippen MR) is 79.6 cm³/mol. The van der Waals surface area contributed by atoms with Crippen LogP contribution in [0.4, 0.5) is 5.69 Å². The summed E-state index contributed by atoms with van der Waals surface area (Å²) in [7, 11) is 0. The number of hydrogen-bond acceptors (Lipinski definition) is 2. The molecule has 2 rings (SSSR count). The van der Waals surface area contributed by atoms with Gasteiger partial charge in [0.25, 0.3) is 0 Å². The Morgan fingerprint density at radius 2 is 2.05 bits per heavy atom. The van der Waals surface area contributed by atoms with Gasteiger partial charge in [-0.05, 0) is 30.4 Å². The molecule has 1 aromatic rings. The smallest absolute Gasteiger partial charge is 0.240 e. The minimum atomic E-state index is -0.0937. The van der Waals surface area contributed by atoms with Crippen LogP contribution < -0.4 is 10.2 Å². The SMILES string of the molecule is CC(C)CNC(=O)CN1C(=O)CCCc2ccccc21. The van der Waals surface area contributed by atoms with Crippen molar-refractivity contribution in [3.63, 3.8) is 0 Å². The number of carbonyl (C=O) groups excluding carboxylic acids is 2. The number of nitrogens with one attached hydrogen (secondary N) is 1. The molecule has 0 spiro atoms. The highest BCUT2D eigenvalue weighted by molar-refractivity contribution is 5.99. The number of amides is 2. The zero-order valence-corrected chi connectivity index (χ0v) is 12.2. The van der Waals surface area contributed by atoms with Crippen LogP contribution in [-0.4, -0.2) is 24.9 Å². The Bertz CT molecular complexity index is 497. The molecule has 0 saturated heterocycles. The third kappa shape index (κ3) is 3.59. The van der Waals surface area contributed by atoms with Crippen LogP contribution in [0.5, 0.6) is 0 Å². The highest BCUT2D eigenvalue weighted by Gasteiger charge is 2.23. The summed E-state index contributed by atoms with van der Waals surface area (Å²) in [6.45, 7) is 4.85. The Labute approximate surface area is 120 Å². The molecular weight excluding hydrogens is 252 g/mol. The molecule has 1 aliphatic heterocycles. The molecule has 0 bridgehead atoms. The van der Waals surface area contributed by atoms with Crippen LogP contribution in [0.2, 0.25) is 0 Å². The zero-order chi connectivity index (χ0) is 14.5. The Balaban J connectivity index is 2.12. The third-order valence-electron chi connectivity index (χ3n) is 3.43. The van der Waals surface area contributed by atoms with Crippen LogP contribution in [0.15, 0.2) is 24.3 Å². The highest BCUT2D eigenvalue weighted by Crippen LogP contribution is 2.26. The number of aryl methyl sites for hydroxylation is 1. The third-order valence-corrected chi connectivity index (χ3v) is 3.43. The van der Waals surface area contributed by atoms with Gasteiger partial charge in [0, 0.05) is 18.7 Å². The lowest BCUT2D eigenvalue weighted by Crippen LogP contribution is -2.41. The largest absolute Gasteiger partial charge is 0.354 e. The van der Waals surface area contributed by atoms with E-state index in [1.807, 2.05) is 38.1 Å². The van der Waals surface area contributed by atoms with E-state index in [0.29, 0.717) is 18.9 Å². The molecular formula is C16H22N2O2. The quantitative estimate of drug-likeness (QED) is 0.914. The summed E-state index contributed by atoms with van der Waals surface area (Å²) in [5.41, 5.74) is 2.03. The van der Waals surface area contributed by atoms with Gasteiger partial charge in [0.1, 0.15) is 6.54 Å². The molecule has 108 valence electrons. The van der Waals surface area contributed by atoms with Gasteiger partial charge in [0.05, 0.1) is 0 Å². The fourth-order valence-corrected chi connectivity index (χ4v) is 2.38. The van der Waals surface area contributed by atoms with Crippen molar-refractivity contribution < 1.29 is 9.59 Å². The molecule has 0 aliphatic carbocycles. The molecule has 0 saturated carbocycles. The first-order chi connectivity index (χ1) is 9.58. The van der Waals surface area contributed by atoms with E-state index in [1.165, 1.54) is 0 Å². The lowest BCUT2D eigenvalue weighted by molar-refractivity contribution is -0.123. The second kappa shape index (κ2) is 6.55. The summed E-state index contributed by atoms with van der Waals surface area (Å²) in [5.74, 6) is 0.351. The first kappa shape index (κ1) is 14.6. The number of anilines is 1. The molecule has 4 nitrogen and oxygen atoms in total. The Morgan fingerprint density at radius 3 is 2.80 bits per heavy atom. The van der Waals surface area contributed by atoms with Crippen molar-refractivity contribution in [1.82, 2.24) is 5.32 Å². The topological polar surface area (TPSA) is 49.4 Å². The lowest BCUT2D eigenvalue weighted by atomic mass is 10.1. The van der Waals surface area contributed by atoms with Gasteiger partial charge in [-0.2, -0.15) is 0 Å². The number of carbonyl (C=O) groups is 2. The summed E-state index contributed by atoms with van der Waals surface area (Å²) in [6.07, 6.45) is 2.25. The normalized spacial score (nSPS) is 14.9. The van der Waals surface area contributed by atoms with Crippen molar-refractivity contribution in [3.8, 4) is 0 Å². The van der Waals surface area contributed by atoms with E-state index in [4.69, 9.17) is 0 Å². The van der Waals surface area contributed by atoms with Crippen LogP contribution >= 0.6 is 0 Å². The number of benzene rings is 1. The van der Waals surface area contributed by atoms with Gasteiger partial charge < -0.3 is 10.2 Å². The summed E-state index contributed by atoms with van der Waals surface area (Å²) in [6, 6.07) is 7.85. The fourth-order valence-electron chi connectivity index (χ4n) is 2.38. The standard InChI is InChI=1S/C16H22N2O2/c1-12(2)10-17-15(19)11-18-14-8-4-3-6-13(14)7-5-9-16(18)20/h3-4,6,8,12H,5,7,9-11H2,1-2H3,(H,17,19). The van der Waals surface area contributed by atoms with Crippen LogP contribution in [-0.2, 0) is 16.0 Å². The second-order valence-electron chi connectivity index (χ2n) is 5.66. The molecule has 0 unspecified atom stereocenters. The van der Waals surface area contributed by atoms with Gasteiger partial charge >= 0.3 is 0 Å². The Morgan fingerprint density at radius 1 is 1.30 bits per heavy atom. The molecule has 0 atom stereocenters. The molecule has 0 fully saturated rings. The van der Waals surface area contributed by atoms with Crippen molar-refractivity contribution in [2.45, 2.75) is 33.1 Å². The van der Waals surface area contributed by atoms with Gasteiger partial charge in [-0.25, -0.2) is 0 Å². The molecule has 1 aliphatic rings. The maximum absolute atomic E-state index is 12.2. The average Bonchev–Trinajstić information content (AvgIpc) is 2.57. The average molecular weight is 274 g/mol. The highest BCUT2D eigenvalue weighted by atomic mass is 16.2. The van der Waals surface area contributed by atoms with E-state index in [-0.39, 0.29) is 18.4 Å². The summed E-state index contributed by atoms with van der Waals surface area (Å²) in [4.78, 5) is 25.8. The van der Waals surface area contributed by atoms with Crippen molar-refractivity contribution in [1.29, 1.82) is 0 Å². The van der Waals surface area contributed by atoms with Gasteiger partial charge in [0.15, 0.2) is 0 Å². The molecule has 20 heavy (non-hydrogen) atoms. The minimum Gasteiger partial charge on any atom is -0.354 e. The van der Waals surface area contributed by atoms with E-state index in [0.717, 1.165) is 24.1 Å². The van der Waals surface area contributed by atoms with E-state index >= 15 is 0 Å². The van der Waals surface area contributed by atoms with Gasteiger partial charge in [-0.1, -0.05) is 32.0 Å². The number of nitrogens with zero attached hydrogens (tertiary/aromatic N) is 1. The van der Waals surface area contributed by atoms with E-state index in [9.17, 15) is 9.59 Å². The molecule has 0 aromatic heterocycles. The molecule has 2 amide bonds. The van der Waals surface area contributed by atoms with Crippen molar-refractivity contribution in [2.24, 2.45) is 5.92 Å². The first-order valence-corrected chi connectivity index (χ1v) is 7.23. The zero-order valence-electron chi connectivity index (χ0n) is 12.2. The van der Waals surface area contributed by atoms with Crippen LogP contribution in [0.25, 0.3) is 0 Å². The fraction of sp³-hybridized carbons (Fsp3) is 0.500. The van der Waals surface area contributed by atoms with Crippen molar-refractivity contribution in [2.75, 3.05) is 18.0 Å². The van der Waals surface area contributed by atoms with Crippen LogP contribution in [0, 0.1) is 5.92 Å². The van der Waals surface area contributed by atoms with Gasteiger partial charge in [-0.15, -0.1) is 0 Å². The van der Waals surface area contributed by atoms with E-state index in [1.54, 1.807) is 4.90 Å². The summed E-state index contributed by atoms with van der Waals surface area (Å²) >= 11 is 0. The first-order valence-electron chi connectivity index (χ1n) is 7.23. The molecule has 4 heteroatoms. The number of para-hydroxylation sites is 1. The predicted octanol–water partition coefficient (Wildman–Crippen LogP) is 2.13. The maximum atomic E-state index is 12.2. The molecule has 1 heterocycles. The minimum absolute atomic E-state index is 0.0367. The Hall–Kier alpha value is -1.84. The number of rotatable bonds is 4. The van der Waals surface area contributed by atoms with Crippen molar-refractivity contribution in [3.05, 3.63) is 29.8 Å². The van der Waals surface area contributed by atoms with Gasteiger partial charge in [-0.3, -0.25) is 9.59 Å². The van der Waals surface area contributed by atoms with Gasteiger partial charge in [0.2, 0.25) is 11.8 Å². The monoisotopic (exact) mass is 274 g/mol. The summed E-state index contributed by atoms with van der Waals surface area (Å²) in [5, 5.41) is 2.87. The van der Waals surface area contributed by atoms with Crippen molar-refractivity contribution >= 4 is 17.5 Å².